The molecule has 0 aliphatic rings. The van der Waals surface area contributed by atoms with Crippen molar-refractivity contribution in [3.63, 3.8) is 0 Å². The largest absolute Gasteiger partial charge is 0.343 e. The van der Waals surface area contributed by atoms with E-state index in [0.717, 1.165) is 0 Å². The van der Waals surface area contributed by atoms with Gasteiger partial charge in [0.2, 0.25) is 12.5 Å². The Hall–Kier alpha value is -1.62. The van der Waals surface area contributed by atoms with Gasteiger partial charge in [-0.1, -0.05) is 29.8 Å². The van der Waals surface area contributed by atoms with E-state index >= 15 is 0 Å². The molecule has 5 nitrogen and oxygen atoms in total. The number of nitro groups is 1. The minimum absolute atomic E-state index is 0.327. The molecule has 0 saturated carbocycles. The van der Waals surface area contributed by atoms with E-state index in [-0.39, 0.29) is 12.5 Å². The third-order valence-corrected chi connectivity index (χ3v) is 2.33. The lowest BCUT2D eigenvalue weighted by Gasteiger charge is -2.15. The lowest BCUT2D eigenvalue weighted by atomic mass is 10.1. The second-order valence-electron chi connectivity index (χ2n) is 3.29. The Bertz CT molecular complexity index is 393. The molecule has 0 heterocycles. The van der Waals surface area contributed by atoms with Gasteiger partial charge in [-0.05, 0) is 11.6 Å². The van der Waals surface area contributed by atoms with Crippen LogP contribution in [0.1, 0.15) is 18.5 Å². The summed E-state index contributed by atoms with van der Waals surface area (Å²) in [6, 6.07) is 6.04. The molecule has 1 atom stereocenters. The van der Waals surface area contributed by atoms with Crippen LogP contribution in [0.15, 0.2) is 24.3 Å². The van der Waals surface area contributed by atoms with E-state index in [1.54, 1.807) is 24.3 Å². The summed E-state index contributed by atoms with van der Waals surface area (Å²) in [6.45, 7) is 0.924. The number of hydrogen-bond acceptors (Lipinski definition) is 3. The first-order chi connectivity index (χ1) is 7.50. The first-order valence-corrected chi connectivity index (χ1v) is 5.02. The molecule has 0 aliphatic carbocycles. The first kappa shape index (κ1) is 12.4. The van der Waals surface area contributed by atoms with Crippen LogP contribution in [0.25, 0.3) is 0 Å². The van der Waals surface area contributed by atoms with Crippen LogP contribution in [0.5, 0.6) is 0 Å². The number of nitrogens with one attached hydrogen (secondary N) is 1. The van der Waals surface area contributed by atoms with Gasteiger partial charge >= 0.3 is 0 Å². The number of rotatable bonds is 4. The van der Waals surface area contributed by atoms with E-state index < -0.39 is 11.0 Å². The van der Waals surface area contributed by atoms with Gasteiger partial charge in [0.05, 0.1) is 0 Å². The zero-order valence-electron chi connectivity index (χ0n) is 8.64. The van der Waals surface area contributed by atoms with Crippen LogP contribution < -0.4 is 5.32 Å². The average Bonchev–Trinajstić information content (AvgIpc) is 2.15. The van der Waals surface area contributed by atoms with Crippen LogP contribution in [0, 0.1) is 10.1 Å². The topological polar surface area (TPSA) is 72.2 Å². The maximum Gasteiger partial charge on any atom is 0.228 e. The predicted octanol–water partition coefficient (Wildman–Crippen LogP) is 1.79. The van der Waals surface area contributed by atoms with Gasteiger partial charge in [-0.2, -0.15) is 0 Å². The van der Waals surface area contributed by atoms with Crippen molar-refractivity contribution in [2.24, 2.45) is 0 Å². The molecule has 1 rings (SSSR count). The number of amides is 1. The highest BCUT2D eigenvalue weighted by molar-refractivity contribution is 6.31. The maximum atomic E-state index is 10.9. The zero-order chi connectivity index (χ0) is 12.1. The molecule has 1 aromatic carbocycles. The second-order valence-corrected chi connectivity index (χ2v) is 3.70. The lowest BCUT2D eigenvalue weighted by Crippen LogP contribution is -2.31. The number of hydrogen-bond donors (Lipinski definition) is 1. The quantitative estimate of drug-likeness (QED) is 0.646. The van der Waals surface area contributed by atoms with Crippen LogP contribution in [-0.2, 0) is 4.79 Å². The minimum Gasteiger partial charge on any atom is -0.343 e. The van der Waals surface area contributed by atoms with Crippen LogP contribution in [0.4, 0.5) is 0 Å². The number of halogens is 1. The van der Waals surface area contributed by atoms with Gasteiger partial charge in [0.1, 0.15) is 6.04 Å². The summed E-state index contributed by atoms with van der Waals surface area (Å²) in [6.07, 6.45) is 0. The summed E-state index contributed by atoms with van der Waals surface area (Å²) in [7, 11) is 0. The Balaban J connectivity index is 2.96. The van der Waals surface area contributed by atoms with Crippen molar-refractivity contribution in [2.45, 2.75) is 13.0 Å². The minimum atomic E-state index is -0.693. The van der Waals surface area contributed by atoms with Crippen LogP contribution in [0.3, 0.4) is 0 Å². The SMILES string of the molecule is CC(=O)N[C@@H](C[N+](=O)[O-])c1ccccc1Cl. The molecule has 0 saturated heterocycles. The molecular formula is C10H11ClN2O3. The highest BCUT2D eigenvalue weighted by atomic mass is 35.5. The van der Waals surface area contributed by atoms with Crippen LogP contribution in [-0.4, -0.2) is 17.4 Å². The zero-order valence-corrected chi connectivity index (χ0v) is 9.40. The Labute approximate surface area is 97.6 Å². The van der Waals surface area contributed by atoms with Gasteiger partial charge in [0.25, 0.3) is 0 Å². The van der Waals surface area contributed by atoms with E-state index in [1.807, 2.05) is 0 Å². The van der Waals surface area contributed by atoms with Crippen molar-refractivity contribution in [2.75, 3.05) is 6.54 Å². The highest BCUT2D eigenvalue weighted by Gasteiger charge is 2.20. The molecule has 0 aromatic heterocycles. The van der Waals surface area contributed by atoms with E-state index in [2.05, 4.69) is 5.32 Å². The summed E-state index contributed by atoms with van der Waals surface area (Å²) in [4.78, 5) is 20.9. The molecule has 86 valence electrons. The average molecular weight is 243 g/mol. The smallest absolute Gasteiger partial charge is 0.228 e. The lowest BCUT2D eigenvalue weighted by molar-refractivity contribution is -0.484. The standard InChI is InChI=1S/C10H11ClN2O3/c1-7(14)12-10(6-13(15)16)8-4-2-3-5-9(8)11/h2-5,10H,6H2,1H3,(H,12,14)/t10-/m0/s1. The van der Waals surface area contributed by atoms with Crippen molar-refractivity contribution in [3.8, 4) is 0 Å². The summed E-state index contributed by atoms with van der Waals surface area (Å²) >= 11 is 5.91. The van der Waals surface area contributed by atoms with Crippen molar-refractivity contribution in [1.82, 2.24) is 5.32 Å². The fraction of sp³-hybridized carbons (Fsp3) is 0.300. The predicted molar refractivity (Wildman–Crippen MR) is 59.9 cm³/mol. The second kappa shape index (κ2) is 5.46. The number of carbonyl (C=O) groups is 1. The van der Waals surface area contributed by atoms with Crippen molar-refractivity contribution < 1.29 is 9.72 Å². The van der Waals surface area contributed by atoms with Gasteiger partial charge in [-0.25, -0.2) is 0 Å². The van der Waals surface area contributed by atoms with Crippen LogP contribution >= 0.6 is 11.6 Å². The summed E-state index contributed by atoms with van der Waals surface area (Å²) < 4.78 is 0. The molecule has 0 spiro atoms. The van der Waals surface area contributed by atoms with Gasteiger partial charge in [0, 0.05) is 16.9 Å². The molecule has 0 bridgehead atoms. The molecule has 1 N–H and O–H groups in total. The van der Waals surface area contributed by atoms with Crippen LogP contribution in [0.2, 0.25) is 5.02 Å². The first-order valence-electron chi connectivity index (χ1n) is 4.64. The Morgan fingerprint density at radius 2 is 2.19 bits per heavy atom. The fourth-order valence-corrected chi connectivity index (χ4v) is 1.64. The fourth-order valence-electron chi connectivity index (χ4n) is 1.37. The monoisotopic (exact) mass is 242 g/mol. The molecule has 1 amide bonds. The summed E-state index contributed by atoms with van der Waals surface area (Å²) in [5.41, 5.74) is 0.552. The van der Waals surface area contributed by atoms with Crippen molar-refractivity contribution in [3.05, 3.63) is 45.0 Å². The van der Waals surface area contributed by atoms with Crippen molar-refractivity contribution in [1.29, 1.82) is 0 Å². The van der Waals surface area contributed by atoms with E-state index in [9.17, 15) is 14.9 Å². The third-order valence-electron chi connectivity index (χ3n) is 1.99. The van der Waals surface area contributed by atoms with E-state index in [4.69, 9.17) is 11.6 Å². The van der Waals surface area contributed by atoms with Gasteiger partial charge in [-0.15, -0.1) is 0 Å². The molecule has 0 fully saturated rings. The molecule has 16 heavy (non-hydrogen) atoms. The molecule has 0 unspecified atom stereocenters. The Kier molecular flexibility index (Phi) is 4.25. The number of nitrogens with zero attached hydrogens (tertiary/aromatic N) is 1. The third kappa shape index (κ3) is 3.51. The molecule has 6 heteroatoms. The normalized spacial score (nSPS) is 11.9. The number of benzene rings is 1. The molecule has 0 aliphatic heterocycles. The van der Waals surface area contributed by atoms with E-state index in [0.29, 0.717) is 10.6 Å². The van der Waals surface area contributed by atoms with Gasteiger partial charge in [-0.3, -0.25) is 14.9 Å². The summed E-state index contributed by atoms with van der Waals surface area (Å²) in [5, 5.41) is 13.4. The Morgan fingerprint density at radius 1 is 1.56 bits per heavy atom. The number of carbonyl (C=O) groups excluding carboxylic acids is 1. The molecule has 1 aromatic rings. The highest BCUT2D eigenvalue weighted by Crippen LogP contribution is 2.22. The molecular weight excluding hydrogens is 232 g/mol. The van der Waals surface area contributed by atoms with Crippen molar-refractivity contribution >= 4 is 17.5 Å². The molecule has 0 radical (unpaired) electrons. The maximum absolute atomic E-state index is 10.9. The van der Waals surface area contributed by atoms with Gasteiger partial charge in [0.15, 0.2) is 0 Å². The Morgan fingerprint density at radius 3 is 2.69 bits per heavy atom. The van der Waals surface area contributed by atoms with Gasteiger partial charge < -0.3 is 5.32 Å². The summed E-state index contributed by atoms with van der Waals surface area (Å²) in [5.74, 6) is -0.327. The van der Waals surface area contributed by atoms with E-state index in [1.165, 1.54) is 6.92 Å².